The van der Waals surface area contributed by atoms with E-state index in [1.165, 1.54) is 49.6 Å². The van der Waals surface area contributed by atoms with Gasteiger partial charge in [-0.2, -0.15) is 0 Å². The molecule has 2 heterocycles. The molecule has 2 aliphatic carbocycles. The number of nitrogens with zero attached hydrogens (tertiary/aromatic N) is 3. The zero-order valence-electron chi connectivity index (χ0n) is 25.1. The first kappa shape index (κ1) is 30.5. The van der Waals surface area contributed by atoms with Crippen molar-refractivity contribution in [3.8, 4) is 11.5 Å². The summed E-state index contributed by atoms with van der Waals surface area (Å²) in [6, 6.07) is 13.5. The summed E-state index contributed by atoms with van der Waals surface area (Å²) in [5, 5.41) is 22.5. The number of carbonyl (C=O) groups is 4. The Hall–Kier alpha value is -5.10. The molecule has 2 saturated heterocycles. The molecule has 3 aromatic carbocycles. The van der Waals surface area contributed by atoms with Crippen molar-refractivity contribution < 1.29 is 38.3 Å². The van der Waals surface area contributed by atoms with Crippen LogP contribution in [-0.4, -0.2) is 40.8 Å². The zero-order valence-corrected chi connectivity index (χ0v) is 25.8. The molecule has 0 radical (unpaired) electrons. The number of anilines is 2. The molecular weight excluding hydrogens is 633 g/mol. The van der Waals surface area contributed by atoms with Crippen LogP contribution in [0.25, 0.3) is 0 Å². The highest BCUT2D eigenvalue weighted by molar-refractivity contribution is 6.32. The molecule has 13 heteroatoms. The summed E-state index contributed by atoms with van der Waals surface area (Å²) in [7, 11) is 1.41. The quantitative estimate of drug-likeness (QED) is 0.163. The Balaban J connectivity index is 1.39. The number of non-ortho nitro benzene ring substituents is 1. The van der Waals surface area contributed by atoms with Crippen molar-refractivity contribution in [1.82, 2.24) is 0 Å². The molecule has 2 aliphatic heterocycles. The highest BCUT2D eigenvalue weighted by Crippen LogP contribution is 2.65. The van der Waals surface area contributed by atoms with Gasteiger partial charge < -0.3 is 9.84 Å². The number of phenols is 1. The number of ether oxygens (including phenoxy) is 1. The minimum absolute atomic E-state index is 0.0215. The summed E-state index contributed by atoms with van der Waals surface area (Å²) in [4.78, 5) is 69.6. The summed E-state index contributed by atoms with van der Waals surface area (Å²) in [5.74, 6) is -7.38. The first-order chi connectivity index (χ1) is 22.4. The molecule has 0 aromatic heterocycles. The summed E-state index contributed by atoms with van der Waals surface area (Å²) in [5.41, 5.74) is -0.783. The van der Waals surface area contributed by atoms with Crippen molar-refractivity contribution in [3.05, 3.63) is 98.8 Å². The number of nitro benzene ring substituents is 1. The number of hydrogen-bond donors (Lipinski definition) is 1. The molecule has 3 fully saturated rings. The largest absolute Gasteiger partial charge is 0.508 e. The summed E-state index contributed by atoms with van der Waals surface area (Å²) in [6.07, 6.45) is 1.95. The number of benzene rings is 3. The van der Waals surface area contributed by atoms with Crippen molar-refractivity contribution >= 4 is 52.3 Å². The maximum absolute atomic E-state index is 14.5. The van der Waals surface area contributed by atoms with Gasteiger partial charge in [0.25, 0.3) is 5.69 Å². The van der Waals surface area contributed by atoms with Crippen LogP contribution in [0.4, 0.5) is 21.5 Å². The Kier molecular flexibility index (Phi) is 6.97. The van der Waals surface area contributed by atoms with Crippen LogP contribution in [0, 0.1) is 45.0 Å². The van der Waals surface area contributed by atoms with E-state index in [1.54, 1.807) is 25.1 Å². The summed E-state index contributed by atoms with van der Waals surface area (Å²) >= 11 is 6.05. The van der Waals surface area contributed by atoms with Crippen LogP contribution in [-0.2, 0) is 19.2 Å². The molecule has 0 bridgehead atoms. The van der Waals surface area contributed by atoms with Gasteiger partial charge in [0.05, 0.1) is 51.6 Å². The topological polar surface area (TPSA) is 147 Å². The summed E-state index contributed by atoms with van der Waals surface area (Å²) in [6.45, 7) is 1.64. The number of amides is 4. The number of carbonyl (C=O) groups excluding carboxylic acids is 4. The second kappa shape index (κ2) is 10.7. The lowest BCUT2D eigenvalue weighted by Gasteiger charge is -2.49. The van der Waals surface area contributed by atoms with Crippen LogP contribution in [0.15, 0.2) is 72.3 Å². The van der Waals surface area contributed by atoms with Gasteiger partial charge in [-0.15, -0.1) is 0 Å². The third-order valence-corrected chi connectivity index (χ3v) is 10.6. The predicted octanol–water partition coefficient (Wildman–Crippen LogP) is 5.54. The Morgan fingerprint density at radius 3 is 2.40 bits per heavy atom. The number of phenolic OH excluding ortho intramolecular Hbond substituents is 1. The van der Waals surface area contributed by atoms with Crippen LogP contribution >= 0.6 is 11.6 Å². The van der Waals surface area contributed by atoms with Crippen LogP contribution in [0.3, 0.4) is 0 Å². The maximum Gasteiger partial charge on any atom is 0.271 e. The highest BCUT2D eigenvalue weighted by Gasteiger charge is 2.68. The van der Waals surface area contributed by atoms with Crippen molar-refractivity contribution in [2.24, 2.45) is 29.1 Å². The molecule has 1 saturated carbocycles. The van der Waals surface area contributed by atoms with Crippen molar-refractivity contribution in [2.75, 3.05) is 16.9 Å². The molecule has 4 aliphatic rings. The van der Waals surface area contributed by atoms with Gasteiger partial charge in [-0.3, -0.25) is 29.3 Å². The first-order valence-electron chi connectivity index (χ1n) is 14.9. The number of methoxy groups -OCH3 is 1. The van der Waals surface area contributed by atoms with Gasteiger partial charge in [0.15, 0.2) is 0 Å². The highest BCUT2D eigenvalue weighted by atomic mass is 35.5. The van der Waals surface area contributed by atoms with E-state index in [1.807, 2.05) is 0 Å². The molecule has 3 aromatic rings. The fourth-order valence-electron chi connectivity index (χ4n) is 8.19. The van der Waals surface area contributed by atoms with E-state index in [4.69, 9.17) is 16.3 Å². The Bertz CT molecular complexity index is 1960. The minimum Gasteiger partial charge on any atom is -0.508 e. The third-order valence-electron chi connectivity index (χ3n) is 10.3. The van der Waals surface area contributed by atoms with Gasteiger partial charge in [0.1, 0.15) is 17.3 Å². The monoisotopic (exact) mass is 659 g/mol. The van der Waals surface area contributed by atoms with Crippen molar-refractivity contribution in [3.63, 3.8) is 0 Å². The number of imide groups is 2. The van der Waals surface area contributed by atoms with Crippen LogP contribution in [0.2, 0.25) is 5.02 Å². The number of fused-ring (bicyclic) bond motifs is 4. The van der Waals surface area contributed by atoms with Gasteiger partial charge in [-0.1, -0.05) is 35.4 Å². The molecule has 1 N–H and O–H groups in total. The fraction of sp³-hybridized carbons (Fsp3) is 0.294. The first-order valence-corrected chi connectivity index (χ1v) is 15.3. The third kappa shape index (κ3) is 4.23. The van der Waals surface area contributed by atoms with E-state index < -0.39 is 69.4 Å². The van der Waals surface area contributed by atoms with Crippen LogP contribution in [0.5, 0.6) is 11.5 Å². The Morgan fingerprint density at radius 1 is 0.979 bits per heavy atom. The maximum atomic E-state index is 14.5. The molecule has 47 heavy (non-hydrogen) atoms. The van der Waals surface area contributed by atoms with E-state index in [2.05, 4.69) is 0 Å². The lowest BCUT2D eigenvalue weighted by molar-refractivity contribution is -0.384. The second-order valence-electron chi connectivity index (χ2n) is 12.4. The average Bonchev–Trinajstić information content (AvgIpc) is 3.42. The predicted molar refractivity (Wildman–Crippen MR) is 166 cm³/mol. The number of nitro groups is 1. The van der Waals surface area contributed by atoms with E-state index in [9.17, 15) is 38.8 Å². The Morgan fingerprint density at radius 2 is 1.70 bits per heavy atom. The van der Waals surface area contributed by atoms with Gasteiger partial charge in [0, 0.05) is 23.6 Å². The molecule has 6 atom stereocenters. The molecular formula is C34H27ClFN3O8. The number of halogens is 2. The number of aromatic hydroxyl groups is 1. The van der Waals surface area contributed by atoms with E-state index >= 15 is 0 Å². The van der Waals surface area contributed by atoms with Gasteiger partial charge in [-0.05, 0) is 62.1 Å². The zero-order chi connectivity index (χ0) is 33.5. The van der Waals surface area contributed by atoms with Gasteiger partial charge in [0.2, 0.25) is 23.6 Å². The Labute approximate surface area is 272 Å². The minimum atomic E-state index is -1.50. The number of rotatable bonds is 5. The van der Waals surface area contributed by atoms with E-state index in [0.717, 1.165) is 15.9 Å². The lowest BCUT2D eigenvalue weighted by Crippen LogP contribution is -2.49. The molecule has 240 valence electrons. The molecule has 0 unspecified atom stereocenters. The number of allylic oxidation sites excluding steroid dienone is 2. The average molecular weight is 660 g/mol. The normalized spacial score (nSPS) is 28.2. The standard InChI is InChI=1S/C34H27ClFN3O8/c1-34-22(31(42)38(33(34)44)17-9-12-24(36)23(35)14-17)15-21-19(29(34)28-25(40)7-4-8-26(28)47-2)10-11-20-27(21)32(43)37(30(20)41)16-5-3-6-18(13-16)39(45)46/h3-10,12-14,20-22,27,29,40H,11,15H2,1-2H3/t20-,21+,22-,27-,29+,34+/m0/s1. The molecule has 11 nitrogen and oxygen atoms in total. The molecule has 4 amide bonds. The van der Waals surface area contributed by atoms with Crippen LogP contribution in [0.1, 0.15) is 31.2 Å². The van der Waals surface area contributed by atoms with Gasteiger partial charge in [-0.25, -0.2) is 14.2 Å². The number of hydrogen-bond acceptors (Lipinski definition) is 8. The summed E-state index contributed by atoms with van der Waals surface area (Å²) < 4.78 is 19.8. The van der Waals surface area contributed by atoms with Gasteiger partial charge >= 0.3 is 0 Å². The lowest BCUT2D eigenvalue weighted by atomic mass is 9.51. The SMILES string of the molecule is COc1cccc(O)c1[C@H]1C2=CC[C@@H]3C(=O)N(c4cccc([N+](=O)[O-])c4)C(=O)[C@@H]3[C@@H]2C[C@H]2C(=O)N(c3ccc(F)c(Cl)c3)C(=O)[C@@]12C. The second-order valence-corrected chi connectivity index (χ2v) is 12.8. The van der Waals surface area contributed by atoms with E-state index in [-0.39, 0.29) is 52.0 Å². The van der Waals surface area contributed by atoms with Crippen molar-refractivity contribution in [2.45, 2.75) is 25.7 Å². The van der Waals surface area contributed by atoms with E-state index in [0.29, 0.717) is 5.57 Å². The molecule has 0 spiro atoms. The fourth-order valence-corrected chi connectivity index (χ4v) is 8.37. The van der Waals surface area contributed by atoms with Crippen molar-refractivity contribution in [1.29, 1.82) is 0 Å². The smallest absolute Gasteiger partial charge is 0.271 e. The van der Waals surface area contributed by atoms with Crippen LogP contribution < -0.4 is 14.5 Å². The molecule has 7 rings (SSSR count).